The third-order valence-electron chi connectivity index (χ3n) is 2.43. The van der Waals surface area contributed by atoms with Crippen molar-refractivity contribution in [2.75, 3.05) is 0 Å². The van der Waals surface area contributed by atoms with Gasteiger partial charge in [-0.2, -0.15) is 5.10 Å². The van der Waals surface area contributed by atoms with E-state index in [2.05, 4.69) is 33.1 Å². The highest BCUT2D eigenvalue weighted by Gasteiger charge is 2.15. The van der Waals surface area contributed by atoms with E-state index in [9.17, 15) is 0 Å². The average Bonchev–Trinajstić information content (AvgIpc) is 2.71. The predicted octanol–water partition coefficient (Wildman–Crippen LogP) is 1.43. The third-order valence-corrected chi connectivity index (χ3v) is 2.43. The minimum atomic E-state index is 1.08. The van der Waals surface area contributed by atoms with Crippen LogP contribution in [0.4, 0.5) is 0 Å². The van der Waals surface area contributed by atoms with Crippen LogP contribution in [0.25, 0.3) is 11.4 Å². The molecular weight excluding hydrogens is 150 g/mol. The minimum Gasteiger partial charge on any atom is -0.346 e. The van der Waals surface area contributed by atoms with Crippen LogP contribution in [0.2, 0.25) is 0 Å². The SMILES string of the molecule is c1cc2n(c1)CCc1cn[nH]c1-2. The summed E-state index contributed by atoms with van der Waals surface area (Å²) < 4.78 is 2.25. The first-order valence-corrected chi connectivity index (χ1v) is 4.13. The van der Waals surface area contributed by atoms with Gasteiger partial charge in [0.1, 0.15) is 0 Å². The molecule has 2 aromatic rings. The summed E-state index contributed by atoms with van der Waals surface area (Å²) >= 11 is 0. The molecule has 0 amide bonds. The molecule has 0 saturated carbocycles. The zero-order chi connectivity index (χ0) is 7.97. The Balaban J connectivity index is 2.32. The van der Waals surface area contributed by atoms with E-state index < -0.39 is 0 Å². The third kappa shape index (κ3) is 0.630. The van der Waals surface area contributed by atoms with Gasteiger partial charge in [-0.05, 0) is 18.6 Å². The Morgan fingerprint density at radius 1 is 1.50 bits per heavy atom. The zero-order valence-electron chi connectivity index (χ0n) is 6.62. The number of hydrogen-bond acceptors (Lipinski definition) is 1. The van der Waals surface area contributed by atoms with Crippen LogP contribution in [0.15, 0.2) is 24.5 Å². The summed E-state index contributed by atoms with van der Waals surface area (Å²) in [4.78, 5) is 0. The van der Waals surface area contributed by atoms with Gasteiger partial charge in [-0.15, -0.1) is 0 Å². The Kier molecular flexibility index (Phi) is 1.01. The Morgan fingerprint density at radius 3 is 3.50 bits per heavy atom. The van der Waals surface area contributed by atoms with E-state index in [-0.39, 0.29) is 0 Å². The van der Waals surface area contributed by atoms with Gasteiger partial charge < -0.3 is 4.57 Å². The van der Waals surface area contributed by atoms with Crippen LogP contribution >= 0.6 is 0 Å². The number of nitrogens with zero attached hydrogens (tertiary/aromatic N) is 2. The molecule has 0 saturated heterocycles. The van der Waals surface area contributed by atoms with Gasteiger partial charge in [0.2, 0.25) is 0 Å². The molecule has 0 atom stereocenters. The lowest BCUT2D eigenvalue weighted by atomic mass is 10.1. The van der Waals surface area contributed by atoms with E-state index in [1.807, 2.05) is 6.20 Å². The first-order chi connectivity index (χ1) is 5.95. The number of fused-ring (bicyclic) bond motifs is 3. The molecule has 3 heteroatoms. The molecule has 3 nitrogen and oxygen atoms in total. The maximum absolute atomic E-state index is 4.04. The van der Waals surface area contributed by atoms with Crippen LogP contribution < -0.4 is 0 Å². The van der Waals surface area contributed by atoms with E-state index >= 15 is 0 Å². The fraction of sp³-hybridized carbons (Fsp3) is 0.222. The molecule has 0 spiro atoms. The molecular formula is C9H9N3. The molecule has 1 aliphatic heterocycles. The van der Waals surface area contributed by atoms with Gasteiger partial charge in [0.15, 0.2) is 0 Å². The Hall–Kier alpha value is -1.51. The number of aryl methyl sites for hydroxylation is 2. The Labute approximate surface area is 70.0 Å². The summed E-state index contributed by atoms with van der Waals surface area (Å²) in [5.41, 5.74) is 3.78. The van der Waals surface area contributed by atoms with E-state index in [0.717, 1.165) is 13.0 Å². The van der Waals surface area contributed by atoms with E-state index in [1.165, 1.54) is 17.0 Å². The van der Waals surface area contributed by atoms with Gasteiger partial charge in [0.25, 0.3) is 0 Å². The highest BCUT2D eigenvalue weighted by atomic mass is 15.1. The highest BCUT2D eigenvalue weighted by Crippen LogP contribution is 2.26. The lowest BCUT2D eigenvalue weighted by Crippen LogP contribution is -2.08. The molecule has 2 aromatic heterocycles. The largest absolute Gasteiger partial charge is 0.346 e. The van der Waals surface area contributed by atoms with Crippen LogP contribution in [-0.2, 0) is 13.0 Å². The summed E-state index contributed by atoms with van der Waals surface area (Å²) in [6.07, 6.45) is 5.12. The van der Waals surface area contributed by atoms with Gasteiger partial charge in [-0.25, -0.2) is 0 Å². The monoisotopic (exact) mass is 159 g/mol. The number of rotatable bonds is 0. The van der Waals surface area contributed by atoms with Crippen molar-refractivity contribution >= 4 is 0 Å². The number of aromatic nitrogens is 3. The second-order valence-corrected chi connectivity index (χ2v) is 3.11. The second-order valence-electron chi connectivity index (χ2n) is 3.11. The smallest absolute Gasteiger partial charge is 0.0847 e. The van der Waals surface area contributed by atoms with Gasteiger partial charge >= 0.3 is 0 Å². The van der Waals surface area contributed by atoms with E-state index in [0.29, 0.717) is 0 Å². The van der Waals surface area contributed by atoms with Gasteiger partial charge in [0, 0.05) is 18.3 Å². The van der Waals surface area contributed by atoms with Crippen LogP contribution in [-0.4, -0.2) is 14.8 Å². The molecule has 0 aliphatic carbocycles. The van der Waals surface area contributed by atoms with Crippen molar-refractivity contribution in [3.8, 4) is 11.4 Å². The average molecular weight is 159 g/mol. The fourth-order valence-electron chi connectivity index (χ4n) is 1.80. The molecule has 3 heterocycles. The van der Waals surface area contributed by atoms with Crippen molar-refractivity contribution in [1.29, 1.82) is 0 Å². The zero-order valence-corrected chi connectivity index (χ0v) is 6.62. The lowest BCUT2D eigenvalue weighted by molar-refractivity contribution is 0.688. The maximum Gasteiger partial charge on any atom is 0.0847 e. The molecule has 0 unspecified atom stereocenters. The summed E-state index contributed by atoms with van der Waals surface area (Å²) in [5.74, 6) is 0. The number of hydrogen-bond donors (Lipinski definition) is 1. The van der Waals surface area contributed by atoms with Crippen molar-refractivity contribution < 1.29 is 0 Å². The molecule has 1 N–H and O–H groups in total. The first kappa shape index (κ1) is 6.06. The molecule has 0 bridgehead atoms. The van der Waals surface area contributed by atoms with Crippen molar-refractivity contribution in [3.63, 3.8) is 0 Å². The maximum atomic E-state index is 4.04. The van der Waals surface area contributed by atoms with Gasteiger partial charge in [0.05, 0.1) is 17.6 Å². The van der Waals surface area contributed by atoms with Crippen molar-refractivity contribution in [2.45, 2.75) is 13.0 Å². The van der Waals surface area contributed by atoms with Crippen LogP contribution in [0.3, 0.4) is 0 Å². The highest BCUT2D eigenvalue weighted by molar-refractivity contribution is 5.60. The topological polar surface area (TPSA) is 33.6 Å². The normalized spacial score (nSPS) is 14.0. The van der Waals surface area contributed by atoms with Crippen LogP contribution in [0.5, 0.6) is 0 Å². The van der Waals surface area contributed by atoms with Crippen molar-refractivity contribution in [1.82, 2.24) is 14.8 Å². The Morgan fingerprint density at radius 2 is 2.50 bits per heavy atom. The van der Waals surface area contributed by atoms with E-state index in [4.69, 9.17) is 0 Å². The molecule has 0 fully saturated rings. The summed E-state index contributed by atoms with van der Waals surface area (Å²) in [5, 5.41) is 7.07. The second kappa shape index (κ2) is 2.00. The minimum absolute atomic E-state index is 1.08. The van der Waals surface area contributed by atoms with Crippen molar-refractivity contribution in [2.24, 2.45) is 0 Å². The van der Waals surface area contributed by atoms with Gasteiger partial charge in [-0.3, -0.25) is 5.10 Å². The predicted molar refractivity (Wildman–Crippen MR) is 45.7 cm³/mol. The number of H-pyrrole nitrogens is 1. The van der Waals surface area contributed by atoms with Crippen LogP contribution in [0, 0.1) is 0 Å². The number of aromatic amines is 1. The fourth-order valence-corrected chi connectivity index (χ4v) is 1.80. The molecule has 3 rings (SSSR count). The number of nitrogens with one attached hydrogen (secondary N) is 1. The molecule has 12 heavy (non-hydrogen) atoms. The molecule has 1 aliphatic rings. The molecule has 0 radical (unpaired) electrons. The van der Waals surface area contributed by atoms with Crippen molar-refractivity contribution in [3.05, 3.63) is 30.1 Å². The molecule has 0 aromatic carbocycles. The lowest BCUT2D eigenvalue weighted by Gasteiger charge is -2.14. The first-order valence-electron chi connectivity index (χ1n) is 4.13. The standard InChI is InChI=1S/C9H9N3/c1-2-8-9-7(6-10-11-9)3-5-12(8)4-1/h1-2,4,6H,3,5H2,(H,10,11). The Bertz CT molecular complexity index is 371. The quantitative estimate of drug-likeness (QED) is 0.620. The summed E-state index contributed by atoms with van der Waals surface area (Å²) in [7, 11) is 0. The summed E-state index contributed by atoms with van der Waals surface area (Å²) in [6.45, 7) is 1.08. The molecule has 60 valence electrons. The van der Waals surface area contributed by atoms with Gasteiger partial charge in [-0.1, -0.05) is 0 Å². The van der Waals surface area contributed by atoms with E-state index in [1.54, 1.807) is 0 Å². The summed E-state index contributed by atoms with van der Waals surface area (Å²) in [6, 6.07) is 4.20. The van der Waals surface area contributed by atoms with Crippen LogP contribution in [0.1, 0.15) is 5.56 Å².